The monoisotopic (exact) mass is 188 g/mol. The molecule has 0 atom stereocenters. The molecular formula is C13H18N+. The van der Waals surface area contributed by atoms with E-state index in [1.54, 1.807) is 11.4 Å². The molecule has 0 spiro atoms. The topological polar surface area (TPSA) is 3.88 Å². The van der Waals surface area contributed by atoms with Crippen LogP contribution >= 0.6 is 0 Å². The molecule has 0 radical (unpaired) electrons. The van der Waals surface area contributed by atoms with E-state index in [-0.39, 0.29) is 0 Å². The van der Waals surface area contributed by atoms with Gasteiger partial charge in [0.05, 0.1) is 0 Å². The first-order valence-corrected chi connectivity index (χ1v) is 5.88. The fourth-order valence-corrected chi connectivity index (χ4v) is 3.19. The molecule has 0 saturated carbocycles. The van der Waals surface area contributed by atoms with Gasteiger partial charge in [0.15, 0.2) is 17.4 Å². The predicted molar refractivity (Wildman–Crippen MR) is 56.3 cm³/mol. The zero-order chi connectivity index (χ0) is 9.54. The number of hydrogen-bond donors (Lipinski definition) is 0. The first kappa shape index (κ1) is 8.46. The number of aromatic nitrogens is 1. The zero-order valence-electron chi connectivity index (χ0n) is 8.92. The quantitative estimate of drug-likeness (QED) is 0.551. The molecule has 3 rings (SSSR count). The van der Waals surface area contributed by atoms with Gasteiger partial charge in [-0.3, -0.25) is 0 Å². The number of hydrogen-bond acceptors (Lipinski definition) is 0. The Hall–Kier alpha value is -0.850. The van der Waals surface area contributed by atoms with Crippen molar-refractivity contribution in [1.82, 2.24) is 0 Å². The second kappa shape index (κ2) is 3.08. The third-order valence-electron chi connectivity index (χ3n) is 3.71. The standard InChI is InChI=1S/C13H18N/c1-10-8-12-6-2-4-11-5-3-7-13(9-10)14(11)12/h8-9,11H,2-7H2,1H3/q+1. The fourth-order valence-electron chi connectivity index (χ4n) is 3.19. The summed E-state index contributed by atoms with van der Waals surface area (Å²) >= 11 is 0. The van der Waals surface area contributed by atoms with Crippen molar-refractivity contribution in [3.05, 3.63) is 29.1 Å². The summed E-state index contributed by atoms with van der Waals surface area (Å²) in [7, 11) is 0. The summed E-state index contributed by atoms with van der Waals surface area (Å²) in [6.45, 7) is 2.23. The highest BCUT2D eigenvalue weighted by Gasteiger charge is 2.33. The Kier molecular flexibility index (Phi) is 1.86. The smallest absolute Gasteiger partial charge is 0.182 e. The van der Waals surface area contributed by atoms with Crippen molar-refractivity contribution in [3.8, 4) is 0 Å². The molecule has 74 valence electrons. The van der Waals surface area contributed by atoms with Gasteiger partial charge in [0, 0.05) is 37.8 Å². The Labute approximate surface area is 85.8 Å². The van der Waals surface area contributed by atoms with Gasteiger partial charge in [0.1, 0.15) is 0 Å². The van der Waals surface area contributed by atoms with E-state index in [1.807, 2.05) is 0 Å². The largest absolute Gasteiger partial charge is 0.197 e. The van der Waals surface area contributed by atoms with Crippen LogP contribution in [-0.4, -0.2) is 0 Å². The second-order valence-corrected chi connectivity index (χ2v) is 4.82. The lowest BCUT2D eigenvalue weighted by Crippen LogP contribution is -2.51. The molecule has 0 saturated heterocycles. The molecular weight excluding hydrogens is 170 g/mol. The maximum absolute atomic E-state index is 2.64. The SMILES string of the molecule is Cc1cc2[n+]3c(c1)CCCC3CCC2. The molecule has 0 amide bonds. The first-order valence-electron chi connectivity index (χ1n) is 5.88. The Balaban J connectivity index is 2.20. The van der Waals surface area contributed by atoms with Crippen molar-refractivity contribution in [2.75, 3.05) is 0 Å². The predicted octanol–water partition coefficient (Wildman–Crippen LogP) is 2.50. The highest BCUT2D eigenvalue weighted by atomic mass is 15.0. The van der Waals surface area contributed by atoms with Crippen molar-refractivity contribution in [1.29, 1.82) is 0 Å². The average molecular weight is 188 g/mol. The van der Waals surface area contributed by atoms with E-state index in [2.05, 4.69) is 23.6 Å². The van der Waals surface area contributed by atoms with E-state index in [0.29, 0.717) is 0 Å². The highest BCUT2D eigenvalue weighted by Crippen LogP contribution is 2.27. The Bertz CT molecular complexity index is 336. The normalized spacial score (nSPS) is 20.6. The molecule has 0 aromatic carbocycles. The van der Waals surface area contributed by atoms with E-state index in [0.717, 1.165) is 6.04 Å². The summed E-state index contributed by atoms with van der Waals surface area (Å²) in [6, 6.07) is 5.62. The van der Waals surface area contributed by atoms with Crippen LogP contribution in [0.25, 0.3) is 0 Å². The Morgan fingerprint density at radius 3 is 2.21 bits per heavy atom. The van der Waals surface area contributed by atoms with Gasteiger partial charge in [-0.05, 0) is 25.3 Å². The molecule has 1 aromatic heterocycles. The summed E-state index contributed by atoms with van der Waals surface area (Å²) in [4.78, 5) is 0. The third kappa shape index (κ3) is 1.18. The minimum Gasteiger partial charge on any atom is -0.197 e. The molecule has 2 aliphatic heterocycles. The third-order valence-corrected chi connectivity index (χ3v) is 3.71. The zero-order valence-corrected chi connectivity index (χ0v) is 8.92. The number of pyridine rings is 1. The van der Waals surface area contributed by atoms with Crippen LogP contribution < -0.4 is 4.57 Å². The van der Waals surface area contributed by atoms with Gasteiger partial charge in [0.2, 0.25) is 0 Å². The van der Waals surface area contributed by atoms with Gasteiger partial charge < -0.3 is 0 Å². The summed E-state index contributed by atoms with van der Waals surface area (Å²) in [5.41, 5.74) is 4.64. The van der Waals surface area contributed by atoms with Crippen LogP contribution in [0.1, 0.15) is 48.7 Å². The van der Waals surface area contributed by atoms with Crippen LogP contribution in [0.3, 0.4) is 0 Å². The lowest BCUT2D eigenvalue weighted by Gasteiger charge is -2.26. The molecule has 0 fully saturated rings. The molecule has 0 unspecified atom stereocenters. The van der Waals surface area contributed by atoms with Crippen LogP contribution in [0.5, 0.6) is 0 Å². The molecule has 1 heteroatoms. The maximum Gasteiger partial charge on any atom is 0.182 e. The van der Waals surface area contributed by atoms with E-state index < -0.39 is 0 Å². The van der Waals surface area contributed by atoms with Crippen LogP contribution in [-0.2, 0) is 12.8 Å². The van der Waals surface area contributed by atoms with E-state index in [9.17, 15) is 0 Å². The van der Waals surface area contributed by atoms with Gasteiger partial charge >= 0.3 is 0 Å². The van der Waals surface area contributed by atoms with Crippen molar-refractivity contribution in [2.45, 2.75) is 51.5 Å². The van der Waals surface area contributed by atoms with Crippen molar-refractivity contribution >= 4 is 0 Å². The maximum atomic E-state index is 2.64. The molecule has 2 aliphatic rings. The minimum atomic E-state index is 0.836. The molecule has 1 aromatic rings. The highest BCUT2D eigenvalue weighted by molar-refractivity contribution is 5.17. The van der Waals surface area contributed by atoms with E-state index in [4.69, 9.17) is 0 Å². The van der Waals surface area contributed by atoms with Crippen molar-refractivity contribution in [2.24, 2.45) is 0 Å². The minimum absolute atomic E-state index is 0.836. The Morgan fingerprint density at radius 1 is 1.07 bits per heavy atom. The Morgan fingerprint density at radius 2 is 1.64 bits per heavy atom. The number of aryl methyl sites for hydroxylation is 3. The average Bonchev–Trinajstić information content (AvgIpc) is 2.18. The second-order valence-electron chi connectivity index (χ2n) is 4.82. The van der Waals surface area contributed by atoms with Crippen LogP contribution in [0, 0.1) is 6.92 Å². The summed E-state index contributed by atoms with van der Waals surface area (Å²) in [5, 5.41) is 0. The molecule has 0 aliphatic carbocycles. The van der Waals surface area contributed by atoms with Crippen LogP contribution in [0.15, 0.2) is 12.1 Å². The molecule has 14 heavy (non-hydrogen) atoms. The van der Waals surface area contributed by atoms with Crippen molar-refractivity contribution < 1.29 is 4.57 Å². The molecule has 0 N–H and O–H groups in total. The summed E-state index contributed by atoms with van der Waals surface area (Å²) in [6.07, 6.45) is 8.21. The molecule has 0 bridgehead atoms. The van der Waals surface area contributed by atoms with Gasteiger partial charge in [-0.15, -0.1) is 0 Å². The summed E-state index contributed by atoms with van der Waals surface area (Å²) < 4.78 is 2.64. The molecule has 3 heterocycles. The number of rotatable bonds is 0. The fraction of sp³-hybridized carbons (Fsp3) is 0.615. The lowest BCUT2D eigenvalue weighted by molar-refractivity contribution is -0.747. The van der Waals surface area contributed by atoms with E-state index in [1.165, 1.54) is 44.1 Å². The lowest BCUT2D eigenvalue weighted by atomic mass is 9.91. The van der Waals surface area contributed by atoms with Gasteiger partial charge in [0.25, 0.3) is 0 Å². The van der Waals surface area contributed by atoms with Gasteiger partial charge in [-0.25, -0.2) is 0 Å². The van der Waals surface area contributed by atoms with E-state index >= 15 is 0 Å². The number of nitrogens with zero attached hydrogens (tertiary/aromatic N) is 1. The first-order chi connectivity index (χ1) is 6.84. The summed E-state index contributed by atoms with van der Waals surface area (Å²) in [5.74, 6) is 0. The van der Waals surface area contributed by atoms with Crippen LogP contribution in [0.2, 0.25) is 0 Å². The van der Waals surface area contributed by atoms with Crippen LogP contribution in [0.4, 0.5) is 0 Å². The van der Waals surface area contributed by atoms with Gasteiger partial charge in [-0.2, -0.15) is 4.57 Å². The van der Waals surface area contributed by atoms with Crippen molar-refractivity contribution in [3.63, 3.8) is 0 Å². The van der Waals surface area contributed by atoms with Gasteiger partial charge in [-0.1, -0.05) is 0 Å². The molecule has 1 nitrogen and oxygen atoms in total.